The molecule has 0 bridgehead atoms. The SMILES string of the molecule is CN=C(NCCCC(C)C)NCc1cc(Cl)c(Cl)n1C. The Hall–Kier alpha value is -0.870. The van der Waals surface area contributed by atoms with Gasteiger partial charge in [-0.05, 0) is 24.8 Å². The fourth-order valence-corrected chi connectivity index (χ4v) is 2.29. The molecule has 0 fully saturated rings. The highest BCUT2D eigenvalue weighted by Crippen LogP contribution is 2.24. The summed E-state index contributed by atoms with van der Waals surface area (Å²) < 4.78 is 1.86. The van der Waals surface area contributed by atoms with E-state index in [2.05, 4.69) is 29.5 Å². The molecule has 0 aliphatic rings. The number of aromatic nitrogens is 1. The van der Waals surface area contributed by atoms with Crippen molar-refractivity contribution in [3.8, 4) is 0 Å². The maximum atomic E-state index is 6.04. The lowest BCUT2D eigenvalue weighted by molar-refractivity contribution is 0.549. The molecule has 0 amide bonds. The highest BCUT2D eigenvalue weighted by Gasteiger charge is 2.09. The van der Waals surface area contributed by atoms with Gasteiger partial charge < -0.3 is 15.2 Å². The van der Waals surface area contributed by atoms with E-state index in [1.54, 1.807) is 7.05 Å². The Morgan fingerprint density at radius 3 is 2.55 bits per heavy atom. The van der Waals surface area contributed by atoms with Crippen LogP contribution in [0.25, 0.3) is 0 Å². The molecule has 0 saturated heterocycles. The summed E-state index contributed by atoms with van der Waals surface area (Å²) in [5, 5.41) is 7.69. The van der Waals surface area contributed by atoms with Crippen molar-refractivity contribution in [3.63, 3.8) is 0 Å². The van der Waals surface area contributed by atoms with Gasteiger partial charge in [0.1, 0.15) is 5.15 Å². The first-order valence-corrected chi connectivity index (χ1v) is 7.65. The van der Waals surface area contributed by atoms with Crippen LogP contribution in [0.15, 0.2) is 11.1 Å². The van der Waals surface area contributed by atoms with Gasteiger partial charge in [-0.15, -0.1) is 0 Å². The van der Waals surface area contributed by atoms with Gasteiger partial charge in [-0.1, -0.05) is 37.0 Å². The third-order valence-corrected chi connectivity index (χ3v) is 3.97. The summed E-state index contributed by atoms with van der Waals surface area (Å²) in [6, 6.07) is 1.86. The zero-order valence-electron chi connectivity index (χ0n) is 12.6. The molecule has 0 spiro atoms. The second-order valence-corrected chi connectivity index (χ2v) is 5.99. The van der Waals surface area contributed by atoms with Gasteiger partial charge in [0, 0.05) is 26.3 Å². The number of nitrogens with zero attached hydrogens (tertiary/aromatic N) is 2. The molecule has 0 radical (unpaired) electrons. The molecule has 4 nitrogen and oxygen atoms in total. The first-order valence-electron chi connectivity index (χ1n) is 6.89. The maximum absolute atomic E-state index is 6.04. The summed E-state index contributed by atoms with van der Waals surface area (Å²) in [5.41, 5.74) is 1.02. The molecule has 2 N–H and O–H groups in total. The minimum Gasteiger partial charge on any atom is -0.356 e. The van der Waals surface area contributed by atoms with Crippen LogP contribution in [-0.4, -0.2) is 24.1 Å². The predicted octanol–water partition coefficient (Wildman–Crippen LogP) is 3.43. The monoisotopic (exact) mass is 318 g/mol. The van der Waals surface area contributed by atoms with Gasteiger partial charge in [0.2, 0.25) is 0 Å². The van der Waals surface area contributed by atoms with Gasteiger partial charge in [-0.3, -0.25) is 4.99 Å². The Labute approximate surface area is 131 Å². The highest BCUT2D eigenvalue weighted by molar-refractivity contribution is 6.41. The fraction of sp³-hybridized carbons (Fsp3) is 0.643. The number of rotatable bonds is 6. The van der Waals surface area contributed by atoms with Crippen LogP contribution in [0.4, 0.5) is 0 Å². The largest absolute Gasteiger partial charge is 0.356 e. The average molecular weight is 319 g/mol. The molecule has 0 aliphatic heterocycles. The zero-order valence-corrected chi connectivity index (χ0v) is 14.1. The summed E-state index contributed by atoms with van der Waals surface area (Å²) in [5.74, 6) is 1.53. The Kier molecular flexibility index (Phi) is 7.24. The van der Waals surface area contributed by atoms with Gasteiger partial charge in [-0.2, -0.15) is 0 Å². The lowest BCUT2D eigenvalue weighted by atomic mass is 10.1. The van der Waals surface area contributed by atoms with E-state index < -0.39 is 0 Å². The van der Waals surface area contributed by atoms with Crippen LogP contribution in [0.3, 0.4) is 0 Å². The van der Waals surface area contributed by atoms with Gasteiger partial charge in [0.05, 0.1) is 11.6 Å². The molecule has 0 saturated carbocycles. The summed E-state index contributed by atoms with van der Waals surface area (Å²) in [6.45, 7) is 6.02. The van der Waals surface area contributed by atoms with E-state index in [0.717, 1.165) is 30.5 Å². The third kappa shape index (κ3) is 5.25. The normalized spacial score (nSPS) is 12.1. The first kappa shape index (κ1) is 17.2. The molecular weight excluding hydrogens is 295 g/mol. The molecule has 1 aromatic heterocycles. The second kappa shape index (κ2) is 8.42. The summed E-state index contributed by atoms with van der Waals surface area (Å²) in [7, 11) is 3.66. The van der Waals surface area contributed by atoms with Crippen molar-refractivity contribution >= 4 is 29.2 Å². The highest BCUT2D eigenvalue weighted by atomic mass is 35.5. The van der Waals surface area contributed by atoms with Crippen molar-refractivity contribution in [2.45, 2.75) is 33.2 Å². The molecule has 0 atom stereocenters. The van der Waals surface area contributed by atoms with Crippen LogP contribution in [-0.2, 0) is 13.6 Å². The van der Waals surface area contributed by atoms with Gasteiger partial charge in [0.25, 0.3) is 0 Å². The molecule has 0 aliphatic carbocycles. The summed E-state index contributed by atoms with van der Waals surface area (Å²) in [6.07, 6.45) is 2.35. The van der Waals surface area contributed by atoms with E-state index in [1.165, 1.54) is 6.42 Å². The van der Waals surface area contributed by atoms with Crippen molar-refractivity contribution in [2.24, 2.45) is 18.0 Å². The molecule has 6 heteroatoms. The molecule has 1 rings (SSSR count). The Bertz CT molecular complexity index is 452. The lowest BCUT2D eigenvalue weighted by Crippen LogP contribution is -2.37. The number of nitrogens with one attached hydrogen (secondary N) is 2. The molecule has 1 heterocycles. The minimum absolute atomic E-state index is 0.559. The van der Waals surface area contributed by atoms with E-state index in [1.807, 2.05) is 17.7 Å². The maximum Gasteiger partial charge on any atom is 0.191 e. The van der Waals surface area contributed by atoms with E-state index in [9.17, 15) is 0 Å². The Balaban J connectivity index is 2.40. The molecule has 114 valence electrons. The fourth-order valence-electron chi connectivity index (χ4n) is 1.87. The first-order chi connectivity index (χ1) is 9.45. The van der Waals surface area contributed by atoms with Crippen molar-refractivity contribution in [3.05, 3.63) is 21.9 Å². The number of guanidine groups is 1. The van der Waals surface area contributed by atoms with Gasteiger partial charge in [-0.25, -0.2) is 0 Å². The lowest BCUT2D eigenvalue weighted by Gasteiger charge is -2.13. The molecule has 0 unspecified atom stereocenters. The standard InChI is InChI=1S/C14H24Cl2N4/c1-10(2)6-5-7-18-14(17-3)19-9-11-8-12(15)13(16)20(11)4/h8,10H,5-7,9H2,1-4H3,(H2,17,18,19). The number of halogens is 2. The quantitative estimate of drug-likeness (QED) is 0.479. The minimum atomic E-state index is 0.559. The van der Waals surface area contributed by atoms with Crippen LogP contribution in [0.2, 0.25) is 10.2 Å². The molecule has 20 heavy (non-hydrogen) atoms. The van der Waals surface area contributed by atoms with Crippen LogP contribution >= 0.6 is 23.2 Å². The summed E-state index contributed by atoms with van der Waals surface area (Å²) >= 11 is 12.0. The van der Waals surface area contributed by atoms with E-state index in [4.69, 9.17) is 23.2 Å². The third-order valence-electron chi connectivity index (χ3n) is 3.13. The molecule has 1 aromatic rings. The predicted molar refractivity (Wildman–Crippen MR) is 87.7 cm³/mol. The van der Waals surface area contributed by atoms with Crippen molar-refractivity contribution in [1.82, 2.24) is 15.2 Å². The van der Waals surface area contributed by atoms with Gasteiger partial charge in [0.15, 0.2) is 5.96 Å². The average Bonchev–Trinajstić information content (AvgIpc) is 2.65. The van der Waals surface area contributed by atoms with Crippen molar-refractivity contribution in [1.29, 1.82) is 0 Å². The van der Waals surface area contributed by atoms with E-state index in [0.29, 0.717) is 16.7 Å². The van der Waals surface area contributed by atoms with Crippen LogP contribution in [0.5, 0.6) is 0 Å². The van der Waals surface area contributed by atoms with E-state index in [-0.39, 0.29) is 0 Å². The number of hydrogen-bond acceptors (Lipinski definition) is 1. The van der Waals surface area contributed by atoms with Crippen molar-refractivity contribution < 1.29 is 0 Å². The zero-order chi connectivity index (χ0) is 15.1. The second-order valence-electron chi connectivity index (χ2n) is 5.22. The van der Waals surface area contributed by atoms with Gasteiger partial charge >= 0.3 is 0 Å². The number of aliphatic imine (C=N–C) groups is 1. The number of hydrogen-bond donors (Lipinski definition) is 2. The van der Waals surface area contributed by atoms with Crippen LogP contribution < -0.4 is 10.6 Å². The topological polar surface area (TPSA) is 41.4 Å². The van der Waals surface area contributed by atoms with Crippen molar-refractivity contribution in [2.75, 3.05) is 13.6 Å². The smallest absolute Gasteiger partial charge is 0.191 e. The molecular formula is C14H24Cl2N4. The Morgan fingerprint density at radius 1 is 1.35 bits per heavy atom. The van der Waals surface area contributed by atoms with Crippen LogP contribution in [0, 0.1) is 5.92 Å². The Morgan fingerprint density at radius 2 is 2.05 bits per heavy atom. The summed E-state index contributed by atoms with van der Waals surface area (Å²) in [4.78, 5) is 4.20. The molecule has 0 aromatic carbocycles. The van der Waals surface area contributed by atoms with E-state index >= 15 is 0 Å². The van der Waals surface area contributed by atoms with Crippen LogP contribution in [0.1, 0.15) is 32.4 Å².